The van der Waals surface area contributed by atoms with Crippen molar-refractivity contribution in [1.29, 1.82) is 0 Å². The summed E-state index contributed by atoms with van der Waals surface area (Å²) in [6, 6.07) is 10.1. The number of rotatable bonds is 5. The smallest absolute Gasteiger partial charge is 0.0325 e. The summed E-state index contributed by atoms with van der Waals surface area (Å²) in [6.45, 7) is 5.81. The predicted octanol–water partition coefficient (Wildman–Crippen LogP) is 3.55. The third-order valence-corrected chi connectivity index (χ3v) is 4.29. The molecule has 0 fully saturated rings. The van der Waals surface area contributed by atoms with Gasteiger partial charge in [-0.3, -0.25) is 0 Å². The fourth-order valence-electron chi connectivity index (χ4n) is 3.06. The van der Waals surface area contributed by atoms with Crippen LogP contribution in [0.3, 0.4) is 0 Å². The summed E-state index contributed by atoms with van der Waals surface area (Å²) in [5.41, 5.74) is 3.07. The van der Waals surface area contributed by atoms with Gasteiger partial charge in [-0.1, -0.05) is 31.2 Å². The zero-order valence-electron chi connectivity index (χ0n) is 12.8. The molecule has 0 aliphatic heterocycles. The molecular weight excluding hydrogens is 232 g/mol. The first-order chi connectivity index (χ1) is 9.08. The maximum absolute atomic E-state index is 3.82. The Kier molecular flexibility index (Phi) is 5.00. The lowest BCUT2D eigenvalue weighted by Gasteiger charge is -2.32. The van der Waals surface area contributed by atoms with Gasteiger partial charge in [-0.15, -0.1) is 0 Å². The fraction of sp³-hybridized carbons (Fsp3) is 0.647. The molecular formula is C17H28N2. The van der Waals surface area contributed by atoms with E-state index in [1.165, 1.54) is 24.8 Å². The van der Waals surface area contributed by atoms with E-state index in [0.717, 1.165) is 6.54 Å². The van der Waals surface area contributed by atoms with Gasteiger partial charge in [0.2, 0.25) is 0 Å². The molecule has 0 amide bonds. The third kappa shape index (κ3) is 3.80. The molecule has 1 aromatic rings. The molecule has 0 saturated carbocycles. The average Bonchev–Trinajstić information content (AvgIpc) is 2.40. The first kappa shape index (κ1) is 14.5. The molecule has 0 heterocycles. The summed E-state index contributed by atoms with van der Waals surface area (Å²) >= 11 is 0. The molecule has 1 aliphatic rings. The molecule has 2 heteroatoms. The number of hydrogen-bond acceptors (Lipinski definition) is 2. The molecule has 0 radical (unpaired) electrons. The Morgan fingerprint density at radius 3 is 2.58 bits per heavy atom. The van der Waals surface area contributed by atoms with Crippen molar-refractivity contribution in [3.05, 3.63) is 35.4 Å². The highest BCUT2D eigenvalue weighted by atomic mass is 15.1. The SMILES string of the molecule is CC(CCN(C)C)NC1CCC(C)c2ccccc21. The Morgan fingerprint density at radius 1 is 1.21 bits per heavy atom. The van der Waals surface area contributed by atoms with Gasteiger partial charge >= 0.3 is 0 Å². The summed E-state index contributed by atoms with van der Waals surface area (Å²) in [7, 11) is 4.29. The number of benzene rings is 1. The summed E-state index contributed by atoms with van der Waals surface area (Å²) < 4.78 is 0. The van der Waals surface area contributed by atoms with Gasteiger partial charge in [-0.2, -0.15) is 0 Å². The molecule has 19 heavy (non-hydrogen) atoms. The van der Waals surface area contributed by atoms with Crippen molar-refractivity contribution >= 4 is 0 Å². The Morgan fingerprint density at radius 2 is 1.89 bits per heavy atom. The van der Waals surface area contributed by atoms with E-state index in [4.69, 9.17) is 0 Å². The van der Waals surface area contributed by atoms with E-state index in [1.807, 2.05) is 0 Å². The number of nitrogens with zero attached hydrogens (tertiary/aromatic N) is 1. The van der Waals surface area contributed by atoms with Crippen molar-refractivity contribution < 1.29 is 0 Å². The van der Waals surface area contributed by atoms with E-state index in [0.29, 0.717) is 18.0 Å². The van der Waals surface area contributed by atoms with E-state index in [-0.39, 0.29) is 0 Å². The van der Waals surface area contributed by atoms with Crippen molar-refractivity contribution in [1.82, 2.24) is 10.2 Å². The Labute approximate surface area is 118 Å². The maximum atomic E-state index is 3.82. The lowest BCUT2D eigenvalue weighted by atomic mass is 9.81. The van der Waals surface area contributed by atoms with Gasteiger partial charge in [0.15, 0.2) is 0 Å². The first-order valence-electron chi connectivity index (χ1n) is 7.57. The van der Waals surface area contributed by atoms with E-state index in [1.54, 1.807) is 5.56 Å². The van der Waals surface area contributed by atoms with Crippen molar-refractivity contribution in [3.63, 3.8) is 0 Å². The molecule has 0 saturated heterocycles. The molecule has 1 N–H and O–H groups in total. The van der Waals surface area contributed by atoms with Crippen LogP contribution in [0.2, 0.25) is 0 Å². The highest BCUT2D eigenvalue weighted by Gasteiger charge is 2.24. The van der Waals surface area contributed by atoms with Crippen LogP contribution in [-0.4, -0.2) is 31.6 Å². The van der Waals surface area contributed by atoms with Crippen LogP contribution < -0.4 is 5.32 Å². The molecule has 2 nitrogen and oxygen atoms in total. The van der Waals surface area contributed by atoms with Crippen LogP contribution in [0.1, 0.15) is 56.2 Å². The second kappa shape index (κ2) is 6.53. The zero-order chi connectivity index (χ0) is 13.8. The lowest BCUT2D eigenvalue weighted by Crippen LogP contribution is -2.35. The fourth-order valence-corrected chi connectivity index (χ4v) is 3.06. The monoisotopic (exact) mass is 260 g/mol. The summed E-state index contributed by atoms with van der Waals surface area (Å²) in [6.07, 6.45) is 3.78. The van der Waals surface area contributed by atoms with Gasteiger partial charge < -0.3 is 10.2 Å². The van der Waals surface area contributed by atoms with Crippen LogP contribution >= 0.6 is 0 Å². The molecule has 2 rings (SSSR count). The van der Waals surface area contributed by atoms with Gasteiger partial charge in [-0.05, 0) is 63.9 Å². The van der Waals surface area contributed by atoms with Crippen LogP contribution in [0.4, 0.5) is 0 Å². The Bertz CT molecular complexity index is 400. The van der Waals surface area contributed by atoms with Crippen LogP contribution in [0.15, 0.2) is 24.3 Å². The number of fused-ring (bicyclic) bond motifs is 1. The minimum Gasteiger partial charge on any atom is -0.309 e. The minimum absolute atomic E-state index is 0.546. The Hall–Kier alpha value is -0.860. The second-order valence-corrected chi connectivity index (χ2v) is 6.32. The molecule has 0 spiro atoms. The average molecular weight is 260 g/mol. The Balaban J connectivity index is 2.00. The largest absolute Gasteiger partial charge is 0.309 e. The molecule has 1 aliphatic carbocycles. The van der Waals surface area contributed by atoms with Gasteiger partial charge in [-0.25, -0.2) is 0 Å². The van der Waals surface area contributed by atoms with Crippen LogP contribution in [0, 0.1) is 0 Å². The summed E-state index contributed by atoms with van der Waals surface area (Å²) in [5, 5.41) is 3.82. The normalized spacial score (nSPS) is 24.3. The molecule has 1 aromatic carbocycles. The summed E-state index contributed by atoms with van der Waals surface area (Å²) in [5.74, 6) is 0.714. The second-order valence-electron chi connectivity index (χ2n) is 6.32. The summed E-state index contributed by atoms with van der Waals surface area (Å²) in [4.78, 5) is 2.26. The van der Waals surface area contributed by atoms with Gasteiger partial charge in [0.25, 0.3) is 0 Å². The van der Waals surface area contributed by atoms with Crippen molar-refractivity contribution in [3.8, 4) is 0 Å². The van der Waals surface area contributed by atoms with E-state index >= 15 is 0 Å². The van der Waals surface area contributed by atoms with E-state index in [9.17, 15) is 0 Å². The van der Waals surface area contributed by atoms with E-state index < -0.39 is 0 Å². The molecule has 3 unspecified atom stereocenters. The van der Waals surface area contributed by atoms with E-state index in [2.05, 4.69) is 62.4 Å². The van der Waals surface area contributed by atoms with Crippen molar-refractivity contribution in [2.24, 2.45) is 0 Å². The minimum atomic E-state index is 0.546. The predicted molar refractivity (Wildman–Crippen MR) is 82.6 cm³/mol. The van der Waals surface area contributed by atoms with Crippen molar-refractivity contribution in [2.45, 2.75) is 51.1 Å². The maximum Gasteiger partial charge on any atom is 0.0325 e. The molecule has 3 atom stereocenters. The molecule has 0 aromatic heterocycles. The zero-order valence-corrected chi connectivity index (χ0v) is 12.8. The van der Waals surface area contributed by atoms with Gasteiger partial charge in [0.1, 0.15) is 0 Å². The highest BCUT2D eigenvalue weighted by Crippen LogP contribution is 2.37. The van der Waals surface area contributed by atoms with Crippen LogP contribution in [-0.2, 0) is 0 Å². The third-order valence-electron chi connectivity index (χ3n) is 4.29. The van der Waals surface area contributed by atoms with Crippen LogP contribution in [0.5, 0.6) is 0 Å². The number of hydrogen-bond donors (Lipinski definition) is 1. The first-order valence-corrected chi connectivity index (χ1v) is 7.57. The molecule has 0 bridgehead atoms. The topological polar surface area (TPSA) is 15.3 Å². The van der Waals surface area contributed by atoms with Gasteiger partial charge in [0.05, 0.1) is 0 Å². The molecule has 106 valence electrons. The lowest BCUT2D eigenvalue weighted by molar-refractivity contribution is 0.333. The van der Waals surface area contributed by atoms with Crippen molar-refractivity contribution in [2.75, 3.05) is 20.6 Å². The van der Waals surface area contributed by atoms with Gasteiger partial charge in [0, 0.05) is 12.1 Å². The highest BCUT2D eigenvalue weighted by molar-refractivity contribution is 5.34. The van der Waals surface area contributed by atoms with Crippen LogP contribution in [0.25, 0.3) is 0 Å². The standard InChI is InChI=1S/C17H28N2/c1-13-9-10-17(16-8-6-5-7-15(13)16)18-14(2)11-12-19(3)4/h5-8,13-14,17-18H,9-12H2,1-4H3. The number of nitrogens with one attached hydrogen (secondary N) is 1. The quantitative estimate of drug-likeness (QED) is 0.871.